The number of piperazine rings is 1. The van der Waals surface area contributed by atoms with E-state index >= 15 is 0 Å². The topological polar surface area (TPSA) is 48.4 Å². The fourth-order valence-electron chi connectivity index (χ4n) is 3.16. The van der Waals surface area contributed by atoms with E-state index in [-0.39, 0.29) is 5.91 Å². The molecule has 0 saturated carbocycles. The molecule has 0 atom stereocenters. The van der Waals surface area contributed by atoms with Gasteiger partial charge < -0.3 is 14.5 Å². The molecule has 1 aliphatic heterocycles. The first-order valence-electron chi connectivity index (χ1n) is 9.63. The molecule has 0 N–H and O–H groups in total. The highest BCUT2D eigenvalue weighted by Crippen LogP contribution is 2.26. The van der Waals surface area contributed by atoms with Gasteiger partial charge in [0.1, 0.15) is 12.3 Å². The first kappa shape index (κ1) is 20.8. The lowest BCUT2D eigenvalue weighted by Crippen LogP contribution is -2.50. The van der Waals surface area contributed by atoms with Gasteiger partial charge in [0.15, 0.2) is 0 Å². The van der Waals surface area contributed by atoms with Gasteiger partial charge in [-0.05, 0) is 25.0 Å². The van der Waals surface area contributed by atoms with Crippen LogP contribution in [0.3, 0.4) is 0 Å². The minimum atomic E-state index is 0.124. The Balaban J connectivity index is 1.85. The zero-order valence-corrected chi connectivity index (χ0v) is 17.0. The van der Waals surface area contributed by atoms with Crippen LogP contribution in [0.25, 0.3) is 0 Å². The van der Waals surface area contributed by atoms with Crippen molar-refractivity contribution in [3.8, 4) is 5.75 Å². The average Bonchev–Trinajstić information content (AvgIpc) is 2.70. The van der Waals surface area contributed by atoms with Crippen molar-refractivity contribution >= 4 is 17.8 Å². The molecule has 0 radical (unpaired) electrons. The molecule has 0 aromatic heterocycles. The number of nitrogens with zero attached hydrogens (tertiary/aromatic N) is 4. The highest BCUT2D eigenvalue weighted by molar-refractivity contribution is 5.78. The molecule has 1 aromatic carbocycles. The number of amides is 1. The summed E-state index contributed by atoms with van der Waals surface area (Å²) in [6, 6.07) is 6.38. The Morgan fingerprint density at radius 2 is 2.04 bits per heavy atom. The number of hydrazone groups is 1. The maximum absolute atomic E-state index is 12.5. The number of carbonyl (C=O) groups is 1. The molecule has 0 aliphatic carbocycles. The third-order valence-electron chi connectivity index (χ3n) is 4.77. The molecule has 1 saturated heterocycles. The average molecular weight is 373 g/mol. The summed E-state index contributed by atoms with van der Waals surface area (Å²) in [7, 11) is 3.55. The molecule has 27 heavy (non-hydrogen) atoms. The predicted molar refractivity (Wildman–Crippen MR) is 112 cm³/mol. The van der Waals surface area contributed by atoms with Gasteiger partial charge in [0.05, 0.1) is 7.11 Å². The molecule has 1 aliphatic rings. The smallest absolute Gasteiger partial charge is 0.243 e. The van der Waals surface area contributed by atoms with Crippen LogP contribution in [0, 0.1) is 0 Å². The molecule has 148 valence electrons. The first-order chi connectivity index (χ1) is 13.1. The summed E-state index contributed by atoms with van der Waals surface area (Å²) in [5.41, 5.74) is 2.37. The van der Waals surface area contributed by atoms with E-state index in [0.29, 0.717) is 6.54 Å². The van der Waals surface area contributed by atoms with Crippen molar-refractivity contribution < 1.29 is 9.53 Å². The minimum absolute atomic E-state index is 0.124. The molecule has 6 heteroatoms. The number of allylic oxidation sites excluding steroid dienone is 2. The Labute approximate surface area is 163 Å². The van der Waals surface area contributed by atoms with Crippen molar-refractivity contribution in [3.05, 3.63) is 35.9 Å². The van der Waals surface area contributed by atoms with Crippen molar-refractivity contribution in [2.45, 2.75) is 26.7 Å². The Morgan fingerprint density at radius 3 is 2.67 bits per heavy atom. The lowest BCUT2D eigenvalue weighted by molar-refractivity contribution is -0.132. The summed E-state index contributed by atoms with van der Waals surface area (Å²) in [6.45, 7) is 7.53. The van der Waals surface area contributed by atoms with Crippen molar-refractivity contribution in [2.24, 2.45) is 5.10 Å². The molecule has 6 nitrogen and oxygen atoms in total. The molecular weight excluding hydrogens is 340 g/mol. The normalized spacial score (nSPS) is 15.0. The second-order valence-electron chi connectivity index (χ2n) is 6.64. The largest absolute Gasteiger partial charge is 0.496 e. The van der Waals surface area contributed by atoms with Crippen molar-refractivity contribution in [2.75, 3.05) is 51.8 Å². The number of ether oxygens (including phenoxy) is 1. The van der Waals surface area contributed by atoms with Gasteiger partial charge in [-0.2, -0.15) is 5.10 Å². The van der Waals surface area contributed by atoms with Crippen molar-refractivity contribution in [1.82, 2.24) is 9.91 Å². The van der Waals surface area contributed by atoms with Gasteiger partial charge in [-0.3, -0.25) is 9.80 Å². The third-order valence-corrected chi connectivity index (χ3v) is 4.77. The molecule has 1 amide bonds. The van der Waals surface area contributed by atoms with E-state index in [4.69, 9.17) is 4.74 Å². The molecule has 1 fully saturated rings. The zero-order valence-electron chi connectivity index (χ0n) is 17.0. The maximum atomic E-state index is 12.5. The van der Waals surface area contributed by atoms with Crippen LogP contribution in [0.2, 0.25) is 0 Å². The van der Waals surface area contributed by atoms with Crippen LogP contribution in [0.4, 0.5) is 5.69 Å². The summed E-state index contributed by atoms with van der Waals surface area (Å²) in [4.78, 5) is 16.7. The van der Waals surface area contributed by atoms with Gasteiger partial charge in [0, 0.05) is 57.6 Å². The number of hydrogen-bond donors (Lipinski definition) is 0. The van der Waals surface area contributed by atoms with Gasteiger partial charge in [-0.25, -0.2) is 0 Å². The standard InChI is InChI=1S/C21H32N4O2/c1-5-7-8-11-22-23(3)17-21(26)25-14-12-24(13-15-25)19-10-9-18(6-2)20(16-19)27-4/h5,7,9-11,16H,6,8,12-15,17H2,1-4H3/b7-5-,22-11-. The Bertz CT molecular complexity index is 664. The summed E-state index contributed by atoms with van der Waals surface area (Å²) in [5.74, 6) is 1.06. The summed E-state index contributed by atoms with van der Waals surface area (Å²) >= 11 is 0. The monoisotopic (exact) mass is 372 g/mol. The van der Waals surface area contributed by atoms with Crippen molar-refractivity contribution in [1.29, 1.82) is 0 Å². The van der Waals surface area contributed by atoms with Crippen LogP contribution in [0.5, 0.6) is 5.75 Å². The van der Waals surface area contributed by atoms with Gasteiger partial charge in [-0.15, -0.1) is 0 Å². The molecule has 0 spiro atoms. The highest BCUT2D eigenvalue weighted by atomic mass is 16.5. The summed E-state index contributed by atoms with van der Waals surface area (Å²) in [5, 5.41) is 5.98. The molecule has 0 unspecified atom stereocenters. The van der Waals surface area contributed by atoms with Crippen LogP contribution >= 0.6 is 0 Å². The lowest BCUT2D eigenvalue weighted by Gasteiger charge is -2.36. The molecule has 1 heterocycles. The summed E-state index contributed by atoms with van der Waals surface area (Å²) < 4.78 is 5.50. The van der Waals surface area contributed by atoms with E-state index in [2.05, 4.69) is 35.1 Å². The number of rotatable bonds is 8. The number of anilines is 1. The number of aryl methyl sites for hydroxylation is 1. The first-order valence-corrected chi connectivity index (χ1v) is 9.63. The van der Waals surface area contributed by atoms with Gasteiger partial charge in [0.2, 0.25) is 5.91 Å². The van der Waals surface area contributed by atoms with Gasteiger partial charge in [-0.1, -0.05) is 25.1 Å². The van der Waals surface area contributed by atoms with Gasteiger partial charge in [0.25, 0.3) is 0 Å². The van der Waals surface area contributed by atoms with E-state index in [1.807, 2.05) is 37.2 Å². The second kappa shape index (κ2) is 10.6. The third kappa shape index (κ3) is 6.01. The maximum Gasteiger partial charge on any atom is 0.243 e. The second-order valence-corrected chi connectivity index (χ2v) is 6.64. The quantitative estimate of drug-likeness (QED) is 0.400. The number of carbonyl (C=O) groups excluding carboxylic acids is 1. The van der Waals surface area contributed by atoms with Crippen LogP contribution in [-0.4, -0.2) is 68.9 Å². The SMILES string of the molecule is C/C=C\C/C=N\N(C)CC(=O)N1CCN(c2ccc(CC)c(OC)c2)CC1. The molecule has 0 bridgehead atoms. The molecular formula is C21H32N4O2. The summed E-state index contributed by atoms with van der Waals surface area (Å²) in [6.07, 6.45) is 7.57. The number of hydrogen-bond acceptors (Lipinski definition) is 5. The Kier molecular flexibility index (Phi) is 8.17. The highest BCUT2D eigenvalue weighted by Gasteiger charge is 2.22. The fraction of sp³-hybridized carbons (Fsp3) is 0.524. The van der Waals surface area contributed by atoms with E-state index in [1.165, 1.54) is 5.56 Å². The fourth-order valence-corrected chi connectivity index (χ4v) is 3.16. The van der Waals surface area contributed by atoms with E-state index < -0.39 is 0 Å². The zero-order chi connectivity index (χ0) is 19.6. The predicted octanol–water partition coefficient (Wildman–Crippen LogP) is 2.79. The van der Waals surface area contributed by atoms with E-state index in [0.717, 1.165) is 50.5 Å². The van der Waals surface area contributed by atoms with Crippen molar-refractivity contribution in [3.63, 3.8) is 0 Å². The number of likely N-dealkylation sites (N-methyl/N-ethyl adjacent to an activating group) is 1. The Morgan fingerprint density at radius 1 is 1.30 bits per heavy atom. The lowest BCUT2D eigenvalue weighted by atomic mass is 10.1. The van der Waals surface area contributed by atoms with Crippen LogP contribution in [0.15, 0.2) is 35.5 Å². The van der Waals surface area contributed by atoms with Crippen LogP contribution in [0.1, 0.15) is 25.8 Å². The molecule has 1 aromatic rings. The number of methoxy groups -OCH3 is 1. The minimum Gasteiger partial charge on any atom is -0.496 e. The van der Waals surface area contributed by atoms with Crippen LogP contribution in [-0.2, 0) is 11.2 Å². The Hall–Kier alpha value is -2.50. The molecule has 2 rings (SSSR count). The number of benzene rings is 1. The van der Waals surface area contributed by atoms with Crippen LogP contribution < -0.4 is 9.64 Å². The van der Waals surface area contributed by atoms with E-state index in [1.54, 1.807) is 12.1 Å². The van der Waals surface area contributed by atoms with E-state index in [9.17, 15) is 4.79 Å². The van der Waals surface area contributed by atoms with Gasteiger partial charge >= 0.3 is 0 Å².